The van der Waals surface area contributed by atoms with E-state index in [2.05, 4.69) is 15.8 Å². The summed E-state index contributed by atoms with van der Waals surface area (Å²) in [6.45, 7) is 5.17. The Morgan fingerprint density at radius 1 is 1.50 bits per heavy atom. The number of amides is 1. The van der Waals surface area contributed by atoms with E-state index in [0.29, 0.717) is 4.32 Å². The van der Waals surface area contributed by atoms with Crippen LogP contribution in [0.1, 0.15) is 20.8 Å². The Labute approximate surface area is 93.9 Å². The zero-order chi connectivity index (χ0) is 11.1. The van der Waals surface area contributed by atoms with Gasteiger partial charge in [0, 0.05) is 6.92 Å². The fourth-order valence-electron chi connectivity index (χ4n) is 0.686. The number of thiocarbonyl (C=S) groups is 1. The standard InChI is InChI=1S/C8H15N3OS2/c1-5(9-7(3)12)6(2)10-11-8(13)14-4/h5H,1-4H3,(H,9,12)(H,11,13)/b10-6+. The number of hydrogen-bond donors (Lipinski definition) is 2. The summed E-state index contributed by atoms with van der Waals surface area (Å²) in [5, 5.41) is 6.76. The molecule has 6 heteroatoms. The lowest BCUT2D eigenvalue weighted by Crippen LogP contribution is -2.36. The number of thioether (sulfide) groups is 1. The van der Waals surface area contributed by atoms with Crippen molar-refractivity contribution in [2.24, 2.45) is 5.10 Å². The van der Waals surface area contributed by atoms with Gasteiger partial charge in [-0.2, -0.15) is 5.10 Å². The highest BCUT2D eigenvalue weighted by Crippen LogP contribution is 1.94. The van der Waals surface area contributed by atoms with Crippen LogP contribution in [0.15, 0.2) is 5.10 Å². The maximum absolute atomic E-state index is 10.7. The zero-order valence-corrected chi connectivity index (χ0v) is 10.4. The van der Waals surface area contributed by atoms with E-state index < -0.39 is 0 Å². The zero-order valence-electron chi connectivity index (χ0n) is 8.75. The second kappa shape index (κ2) is 6.78. The van der Waals surface area contributed by atoms with Crippen molar-refractivity contribution < 1.29 is 4.79 Å². The third-order valence-electron chi connectivity index (χ3n) is 1.56. The topological polar surface area (TPSA) is 53.5 Å². The predicted molar refractivity (Wildman–Crippen MR) is 65.6 cm³/mol. The van der Waals surface area contributed by atoms with Crippen LogP contribution in [0.2, 0.25) is 0 Å². The van der Waals surface area contributed by atoms with Gasteiger partial charge in [-0.1, -0.05) is 24.0 Å². The first-order chi connectivity index (χ1) is 6.47. The van der Waals surface area contributed by atoms with Crippen LogP contribution in [-0.4, -0.2) is 28.2 Å². The van der Waals surface area contributed by atoms with Gasteiger partial charge in [0.25, 0.3) is 0 Å². The van der Waals surface area contributed by atoms with Gasteiger partial charge >= 0.3 is 0 Å². The smallest absolute Gasteiger partial charge is 0.217 e. The molecule has 0 saturated heterocycles. The summed E-state index contributed by atoms with van der Waals surface area (Å²) in [5.74, 6) is -0.0699. The summed E-state index contributed by atoms with van der Waals surface area (Å²) in [6.07, 6.45) is 1.87. The second-order valence-corrected chi connectivity index (χ2v) is 4.26. The van der Waals surface area contributed by atoms with E-state index in [1.165, 1.54) is 18.7 Å². The number of carbonyl (C=O) groups is 1. The fourth-order valence-corrected chi connectivity index (χ4v) is 0.868. The van der Waals surface area contributed by atoms with Crippen molar-refractivity contribution in [3.63, 3.8) is 0 Å². The van der Waals surface area contributed by atoms with E-state index in [1.54, 1.807) is 0 Å². The van der Waals surface area contributed by atoms with Gasteiger partial charge in [0.1, 0.15) is 0 Å². The van der Waals surface area contributed by atoms with Gasteiger partial charge in [0.15, 0.2) is 4.32 Å². The molecule has 0 fully saturated rings. The molecular weight excluding hydrogens is 218 g/mol. The molecule has 0 aromatic rings. The summed E-state index contributed by atoms with van der Waals surface area (Å²) in [7, 11) is 0. The van der Waals surface area contributed by atoms with Crippen molar-refractivity contribution in [2.75, 3.05) is 6.26 Å². The molecule has 0 aromatic heterocycles. The molecule has 1 amide bonds. The fraction of sp³-hybridized carbons (Fsp3) is 0.625. The summed E-state index contributed by atoms with van der Waals surface area (Å²) in [4.78, 5) is 10.7. The molecule has 0 bridgehead atoms. The molecule has 80 valence electrons. The Kier molecular flexibility index (Phi) is 6.48. The lowest BCUT2D eigenvalue weighted by atomic mass is 10.2. The van der Waals surface area contributed by atoms with Gasteiger partial charge in [0.05, 0.1) is 11.8 Å². The first-order valence-electron chi connectivity index (χ1n) is 4.12. The van der Waals surface area contributed by atoms with Gasteiger partial charge in [-0.15, -0.1) is 0 Å². The first-order valence-corrected chi connectivity index (χ1v) is 5.76. The van der Waals surface area contributed by atoms with E-state index in [-0.39, 0.29) is 11.9 Å². The predicted octanol–water partition coefficient (Wildman–Crippen LogP) is 1.12. The lowest BCUT2D eigenvalue weighted by Gasteiger charge is -2.11. The molecule has 0 saturated carbocycles. The van der Waals surface area contributed by atoms with Crippen LogP contribution in [-0.2, 0) is 4.79 Å². The van der Waals surface area contributed by atoms with Crippen molar-refractivity contribution >= 4 is 39.9 Å². The number of nitrogens with zero attached hydrogens (tertiary/aromatic N) is 1. The van der Waals surface area contributed by atoms with Crippen molar-refractivity contribution in [3.05, 3.63) is 0 Å². The SMILES string of the molecule is CSC(=S)N/N=C(\C)C(C)NC(C)=O. The van der Waals surface area contributed by atoms with Crippen LogP contribution in [0.25, 0.3) is 0 Å². The van der Waals surface area contributed by atoms with Gasteiger partial charge in [-0.05, 0) is 20.1 Å². The van der Waals surface area contributed by atoms with Crippen molar-refractivity contribution in [1.29, 1.82) is 0 Å². The van der Waals surface area contributed by atoms with E-state index >= 15 is 0 Å². The van der Waals surface area contributed by atoms with E-state index in [0.717, 1.165) is 5.71 Å². The molecule has 14 heavy (non-hydrogen) atoms. The third kappa shape index (κ3) is 5.93. The number of hydrazone groups is 1. The Bertz CT molecular complexity index is 253. The monoisotopic (exact) mass is 233 g/mol. The van der Waals surface area contributed by atoms with Crippen LogP contribution < -0.4 is 10.7 Å². The molecule has 0 aliphatic rings. The number of nitrogens with one attached hydrogen (secondary N) is 2. The molecular formula is C8H15N3OS2. The molecule has 0 rings (SSSR count). The molecule has 0 spiro atoms. The number of carbonyl (C=O) groups excluding carboxylic acids is 1. The van der Waals surface area contributed by atoms with Gasteiger partial charge < -0.3 is 5.32 Å². The highest BCUT2D eigenvalue weighted by atomic mass is 32.2. The Hall–Kier alpha value is -0.620. The molecule has 2 N–H and O–H groups in total. The van der Waals surface area contributed by atoms with Gasteiger partial charge in [0.2, 0.25) is 5.91 Å². The van der Waals surface area contributed by atoms with E-state index in [9.17, 15) is 4.79 Å². The molecule has 0 heterocycles. The van der Waals surface area contributed by atoms with Gasteiger partial charge in [-0.25, -0.2) is 0 Å². The highest BCUT2D eigenvalue weighted by molar-refractivity contribution is 8.22. The molecule has 0 aromatic carbocycles. The minimum atomic E-state index is -0.0790. The van der Waals surface area contributed by atoms with Crippen LogP contribution >= 0.6 is 24.0 Å². The van der Waals surface area contributed by atoms with E-state index in [4.69, 9.17) is 12.2 Å². The maximum atomic E-state index is 10.7. The van der Waals surface area contributed by atoms with Crippen molar-refractivity contribution in [1.82, 2.24) is 10.7 Å². The molecule has 4 nitrogen and oxygen atoms in total. The maximum Gasteiger partial charge on any atom is 0.217 e. The summed E-state index contributed by atoms with van der Waals surface area (Å²) >= 11 is 6.32. The number of rotatable bonds is 3. The van der Waals surface area contributed by atoms with Crippen molar-refractivity contribution in [3.8, 4) is 0 Å². The summed E-state index contributed by atoms with van der Waals surface area (Å²) < 4.78 is 0.611. The summed E-state index contributed by atoms with van der Waals surface area (Å²) in [5.41, 5.74) is 3.51. The van der Waals surface area contributed by atoms with Crippen LogP contribution in [0.3, 0.4) is 0 Å². The molecule has 0 radical (unpaired) electrons. The van der Waals surface area contributed by atoms with Crippen LogP contribution in [0, 0.1) is 0 Å². The average Bonchev–Trinajstić information content (AvgIpc) is 2.12. The highest BCUT2D eigenvalue weighted by Gasteiger charge is 2.06. The lowest BCUT2D eigenvalue weighted by molar-refractivity contribution is -0.119. The molecule has 1 atom stereocenters. The third-order valence-corrected chi connectivity index (χ3v) is 2.61. The largest absolute Gasteiger partial charge is 0.349 e. The average molecular weight is 233 g/mol. The normalized spacial score (nSPS) is 13.3. The van der Waals surface area contributed by atoms with E-state index in [1.807, 2.05) is 20.1 Å². The molecule has 1 unspecified atom stereocenters. The Morgan fingerprint density at radius 3 is 2.50 bits per heavy atom. The van der Waals surface area contributed by atoms with Crippen LogP contribution in [0.4, 0.5) is 0 Å². The Morgan fingerprint density at radius 2 is 2.07 bits per heavy atom. The minimum Gasteiger partial charge on any atom is -0.349 e. The van der Waals surface area contributed by atoms with Gasteiger partial charge in [-0.3, -0.25) is 10.2 Å². The number of hydrogen-bond acceptors (Lipinski definition) is 4. The summed E-state index contributed by atoms with van der Waals surface area (Å²) in [6, 6.07) is -0.0790. The second-order valence-electron chi connectivity index (χ2n) is 2.78. The van der Waals surface area contributed by atoms with Crippen LogP contribution in [0.5, 0.6) is 0 Å². The Balaban J connectivity index is 4.09. The molecule has 0 aliphatic heterocycles. The minimum absolute atomic E-state index is 0.0699. The quantitative estimate of drug-likeness (QED) is 0.436. The first kappa shape index (κ1) is 13.4. The molecule has 0 aliphatic carbocycles. The van der Waals surface area contributed by atoms with Crippen molar-refractivity contribution in [2.45, 2.75) is 26.8 Å².